The fourth-order valence-corrected chi connectivity index (χ4v) is 2.52. The Morgan fingerprint density at radius 2 is 2.05 bits per heavy atom. The summed E-state index contributed by atoms with van der Waals surface area (Å²) in [6.45, 7) is 1.51. The third-order valence-corrected chi connectivity index (χ3v) is 3.62. The van der Waals surface area contributed by atoms with Gasteiger partial charge in [0.1, 0.15) is 11.6 Å². The largest absolute Gasteiger partial charge is 0.450 e. The normalized spacial score (nSPS) is 11.0. The van der Waals surface area contributed by atoms with E-state index in [0.717, 1.165) is 22.7 Å². The molecule has 0 saturated heterocycles. The highest BCUT2D eigenvalue weighted by molar-refractivity contribution is 7.92. The second-order valence-electron chi connectivity index (χ2n) is 4.08. The first-order valence-electron chi connectivity index (χ1n) is 6.09. The van der Waals surface area contributed by atoms with Crippen LogP contribution >= 0.6 is 0 Å². The van der Waals surface area contributed by atoms with E-state index in [0.29, 0.717) is 6.07 Å². The van der Waals surface area contributed by atoms with E-state index in [-0.39, 0.29) is 25.4 Å². The van der Waals surface area contributed by atoms with Gasteiger partial charge >= 0.3 is 6.09 Å². The molecule has 9 heteroatoms. The lowest BCUT2D eigenvalue weighted by atomic mass is 10.3. The molecule has 0 bridgehead atoms. The predicted molar refractivity (Wildman–Crippen MR) is 73.6 cm³/mol. The number of rotatable bonds is 6. The van der Waals surface area contributed by atoms with Crippen LogP contribution in [-0.4, -0.2) is 40.5 Å². The summed E-state index contributed by atoms with van der Waals surface area (Å²) < 4.78 is 55.3. The molecule has 0 unspecified atom stereocenters. The molecule has 0 radical (unpaired) electrons. The van der Waals surface area contributed by atoms with Crippen LogP contribution in [0.1, 0.15) is 6.92 Å². The van der Waals surface area contributed by atoms with Crippen molar-refractivity contribution in [2.75, 3.05) is 30.3 Å². The highest BCUT2D eigenvalue weighted by Gasteiger charge is 2.21. The van der Waals surface area contributed by atoms with E-state index >= 15 is 0 Å². The maximum atomic E-state index is 13.7. The monoisotopic (exact) mass is 322 g/mol. The quantitative estimate of drug-likeness (QED) is 0.861. The lowest BCUT2D eigenvalue weighted by molar-refractivity contribution is 0.152. The second-order valence-corrected chi connectivity index (χ2v) is 5.98. The van der Waals surface area contributed by atoms with Crippen LogP contribution in [0.4, 0.5) is 19.3 Å². The molecule has 0 aliphatic rings. The predicted octanol–water partition coefficient (Wildman–Crippen LogP) is 1.48. The number of nitrogens with zero attached hydrogens (tertiary/aromatic N) is 1. The topological polar surface area (TPSA) is 75.7 Å². The smallest absolute Gasteiger partial charge is 0.407 e. The van der Waals surface area contributed by atoms with E-state index in [1.807, 2.05) is 0 Å². The Labute approximate surface area is 121 Å². The number of hydrogen-bond donors (Lipinski definition) is 1. The lowest BCUT2D eigenvalue weighted by Crippen LogP contribution is -2.38. The van der Waals surface area contributed by atoms with Crippen molar-refractivity contribution >= 4 is 21.8 Å². The Balaban J connectivity index is 2.85. The van der Waals surface area contributed by atoms with Crippen LogP contribution in [0.5, 0.6) is 0 Å². The zero-order chi connectivity index (χ0) is 16.0. The van der Waals surface area contributed by atoms with Crippen molar-refractivity contribution in [3.63, 3.8) is 0 Å². The summed E-state index contributed by atoms with van der Waals surface area (Å²) in [4.78, 5) is 11.1. The number of nitrogens with one attached hydrogen (secondary N) is 1. The molecule has 21 heavy (non-hydrogen) atoms. The SMILES string of the molecule is CCOC(=O)NCCN(c1ccc(F)cc1F)S(C)(=O)=O. The van der Waals surface area contributed by atoms with Crippen molar-refractivity contribution in [3.8, 4) is 0 Å². The van der Waals surface area contributed by atoms with Crippen LogP contribution in [0.15, 0.2) is 18.2 Å². The minimum absolute atomic E-state index is 0.0806. The van der Waals surface area contributed by atoms with Crippen LogP contribution in [0, 0.1) is 11.6 Å². The molecule has 0 fully saturated rings. The van der Waals surface area contributed by atoms with Gasteiger partial charge in [0, 0.05) is 12.6 Å². The van der Waals surface area contributed by atoms with Gasteiger partial charge in [0.25, 0.3) is 0 Å². The highest BCUT2D eigenvalue weighted by atomic mass is 32.2. The van der Waals surface area contributed by atoms with E-state index in [1.54, 1.807) is 6.92 Å². The first kappa shape index (κ1) is 17.2. The summed E-state index contributed by atoms with van der Waals surface area (Å²) in [7, 11) is -3.78. The van der Waals surface area contributed by atoms with Crippen LogP contribution in [0.25, 0.3) is 0 Å². The number of ether oxygens (including phenoxy) is 1. The van der Waals surface area contributed by atoms with Gasteiger partial charge in [-0.25, -0.2) is 22.0 Å². The fourth-order valence-electron chi connectivity index (χ4n) is 1.59. The standard InChI is InChI=1S/C12H16F2N2O4S/c1-3-20-12(17)15-6-7-16(21(2,18)19)11-5-4-9(13)8-10(11)14/h4-5,8H,3,6-7H2,1-2H3,(H,15,17). The van der Waals surface area contributed by atoms with E-state index in [2.05, 4.69) is 10.1 Å². The summed E-state index contributed by atoms with van der Waals surface area (Å²) in [5.41, 5.74) is -0.287. The van der Waals surface area contributed by atoms with E-state index in [4.69, 9.17) is 0 Å². The van der Waals surface area contributed by atoms with Crippen molar-refractivity contribution in [1.29, 1.82) is 0 Å². The number of carbonyl (C=O) groups excluding carboxylic acids is 1. The molecule has 0 aliphatic carbocycles. The molecule has 6 nitrogen and oxygen atoms in total. The molecule has 0 aliphatic heterocycles. The first-order valence-corrected chi connectivity index (χ1v) is 7.94. The molecule has 0 spiro atoms. The summed E-state index contributed by atoms with van der Waals surface area (Å²) >= 11 is 0. The third kappa shape index (κ3) is 5.18. The van der Waals surface area contributed by atoms with Crippen LogP contribution < -0.4 is 9.62 Å². The zero-order valence-electron chi connectivity index (χ0n) is 11.6. The average Bonchev–Trinajstić information content (AvgIpc) is 2.35. The molecule has 0 saturated carbocycles. The van der Waals surface area contributed by atoms with Crippen LogP contribution in [0.3, 0.4) is 0 Å². The third-order valence-electron chi connectivity index (χ3n) is 2.44. The van der Waals surface area contributed by atoms with Crippen molar-refractivity contribution in [1.82, 2.24) is 5.32 Å². The number of sulfonamides is 1. The van der Waals surface area contributed by atoms with Gasteiger partial charge in [-0.1, -0.05) is 0 Å². The molecule has 1 amide bonds. The Bertz CT molecular complexity index is 607. The van der Waals surface area contributed by atoms with E-state index in [1.165, 1.54) is 0 Å². The molecule has 1 rings (SSSR count). The molecule has 1 N–H and O–H groups in total. The summed E-state index contributed by atoms with van der Waals surface area (Å²) in [5, 5.41) is 2.32. The van der Waals surface area contributed by atoms with E-state index < -0.39 is 27.8 Å². The van der Waals surface area contributed by atoms with Gasteiger partial charge in [0.15, 0.2) is 0 Å². The van der Waals surface area contributed by atoms with E-state index in [9.17, 15) is 22.0 Å². The summed E-state index contributed by atoms with van der Waals surface area (Å²) in [6, 6.07) is 2.57. The van der Waals surface area contributed by atoms with Gasteiger partial charge in [-0.3, -0.25) is 4.31 Å². The molecule has 1 aromatic rings. The Hall–Kier alpha value is -1.90. The number of halogens is 2. The Kier molecular flexibility index (Phi) is 5.89. The maximum Gasteiger partial charge on any atom is 0.407 e. The number of alkyl carbamates (subject to hydrolysis) is 1. The minimum atomic E-state index is -3.78. The first-order chi connectivity index (χ1) is 9.75. The van der Waals surface area contributed by atoms with Crippen molar-refractivity contribution in [3.05, 3.63) is 29.8 Å². The average molecular weight is 322 g/mol. The minimum Gasteiger partial charge on any atom is -0.450 e. The molecule has 0 aromatic heterocycles. The van der Waals surface area contributed by atoms with Crippen molar-refractivity contribution in [2.45, 2.75) is 6.92 Å². The maximum absolute atomic E-state index is 13.7. The number of amides is 1. The highest BCUT2D eigenvalue weighted by Crippen LogP contribution is 2.22. The second kappa shape index (κ2) is 7.21. The van der Waals surface area contributed by atoms with Crippen molar-refractivity contribution < 1.29 is 26.7 Å². The lowest BCUT2D eigenvalue weighted by Gasteiger charge is -2.22. The number of anilines is 1. The number of hydrogen-bond acceptors (Lipinski definition) is 4. The van der Waals surface area contributed by atoms with Crippen molar-refractivity contribution in [2.24, 2.45) is 0 Å². The van der Waals surface area contributed by atoms with Gasteiger partial charge in [-0.2, -0.15) is 0 Å². The number of carbonyl (C=O) groups is 1. The molecule has 0 atom stereocenters. The molecular weight excluding hydrogens is 306 g/mol. The fraction of sp³-hybridized carbons (Fsp3) is 0.417. The zero-order valence-corrected chi connectivity index (χ0v) is 12.4. The molecule has 1 aromatic carbocycles. The van der Waals surface area contributed by atoms with Gasteiger partial charge in [-0.05, 0) is 19.1 Å². The van der Waals surface area contributed by atoms with Gasteiger partial charge in [0.2, 0.25) is 10.0 Å². The summed E-state index contributed by atoms with van der Waals surface area (Å²) in [5.74, 6) is -1.81. The molecule has 118 valence electrons. The van der Waals surface area contributed by atoms with Gasteiger partial charge in [-0.15, -0.1) is 0 Å². The van der Waals surface area contributed by atoms with Crippen LogP contribution in [-0.2, 0) is 14.8 Å². The van der Waals surface area contributed by atoms with Gasteiger partial charge < -0.3 is 10.1 Å². The number of benzene rings is 1. The Morgan fingerprint density at radius 3 is 2.57 bits per heavy atom. The molecule has 0 heterocycles. The molecular formula is C12H16F2N2O4S. The van der Waals surface area contributed by atoms with Gasteiger partial charge in [0.05, 0.1) is 25.1 Å². The summed E-state index contributed by atoms with van der Waals surface area (Å²) in [6.07, 6.45) is 0.186. The van der Waals surface area contributed by atoms with Crippen LogP contribution in [0.2, 0.25) is 0 Å². The Morgan fingerprint density at radius 1 is 1.38 bits per heavy atom.